The second kappa shape index (κ2) is 3.83. The Morgan fingerprint density at radius 3 is 2.79 bits per heavy atom. The van der Waals surface area contributed by atoms with Gasteiger partial charge >= 0.3 is 0 Å². The number of hydrogen-bond acceptors (Lipinski definition) is 5. The highest BCUT2D eigenvalue weighted by molar-refractivity contribution is 7.13. The third kappa shape index (κ3) is 1.79. The molecule has 0 amide bonds. The molecular weight excluding hydrogens is 200 g/mol. The average Bonchev–Trinajstić information content (AvgIpc) is 2.68. The van der Waals surface area contributed by atoms with Gasteiger partial charge < -0.3 is 10.2 Å². The molecule has 0 spiro atoms. The SMILES string of the molecule is OC(O)c1csc(-c2cccnc2)n1. The van der Waals surface area contributed by atoms with E-state index in [1.165, 1.54) is 11.3 Å². The highest BCUT2D eigenvalue weighted by Gasteiger charge is 2.09. The molecule has 0 atom stereocenters. The van der Waals surface area contributed by atoms with Crippen LogP contribution in [0.2, 0.25) is 0 Å². The van der Waals surface area contributed by atoms with Gasteiger partial charge in [-0.05, 0) is 12.1 Å². The predicted molar refractivity (Wildman–Crippen MR) is 52.5 cm³/mol. The van der Waals surface area contributed by atoms with Crippen LogP contribution in [0.5, 0.6) is 0 Å². The van der Waals surface area contributed by atoms with Gasteiger partial charge in [0.1, 0.15) is 10.7 Å². The second-order valence-corrected chi connectivity index (χ2v) is 3.55. The number of aliphatic hydroxyl groups excluding tert-OH is 1. The molecular formula is C9H8N2O2S. The van der Waals surface area contributed by atoms with Crippen molar-refractivity contribution in [1.29, 1.82) is 0 Å². The molecule has 4 nitrogen and oxygen atoms in total. The zero-order valence-corrected chi connectivity index (χ0v) is 7.98. The maximum atomic E-state index is 8.87. The van der Waals surface area contributed by atoms with Crippen LogP contribution < -0.4 is 0 Å². The molecule has 2 N–H and O–H groups in total. The smallest absolute Gasteiger partial charge is 0.196 e. The van der Waals surface area contributed by atoms with E-state index in [9.17, 15) is 0 Å². The van der Waals surface area contributed by atoms with Crippen LogP contribution in [0.25, 0.3) is 10.6 Å². The Balaban J connectivity index is 2.34. The lowest BCUT2D eigenvalue weighted by Crippen LogP contribution is -1.94. The summed E-state index contributed by atoms with van der Waals surface area (Å²) >= 11 is 1.36. The highest BCUT2D eigenvalue weighted by atomic mass is 32.1. The Labute approximate surface area is 84.5 Å². The van der Waals surface area contributed by atoms with Gasteiger partial charge in [0.2, 0.25) is 0 Å². The molecule has 2 aromatic heterocycles. The van der Waals surface area contributed by atoms with Crippen molar-refractivity contribution in [2.24, 2.45) is 0 Å². The topological polar surface area (TPSA) is 66.2 Å². The summed E-state index contributed by atoms with van der Waals surface area (Å²) in [6.07, 6.45) is 1.86. The van der Waals surface area contributed by atoms with E-state index >= 15 is 0 Å². The molecule has 0 saturated carbocycles. The first-order valence-electron chi connectivity index (χ1n) is 3.99. The first-order valence-corrected chi connectivity index (χ1v) is 4.87. The van der Waals surface area contributed by atoms with Gasteiger partial charge in [0.15, 0.2) is 6.29 Å². The number of pyridine rings is 1. The van der Waals surface area contributed by atoms with Crippen LogP contribution in [0.1, 0.15) is 12.0 Å². The Hall–Kier alpha value is -1.30. The average molecular weight is 208 g/mol. The monoisotopic (exact) mass is 208 g/mol. The summed E-state index contributed by atoms with van der Waals surface area (Å²) in [5.74, 6) is 0. The molecule has 0 aromatic carbocycles. The van der Waals surface area contributed by atoms with Crippen LogP contribution in [0.4, 0.5) is 0 Å². The van der Waals surface area contributed by atoms with E-state index in [0.29, 0.717) is 0 Å². The van der Waals surface area contributed by atoms with Crippen LogP contribution in [-0.4, -0.2) is 20.2 Å². The summed E-state index contributed by atoms with van der Waals surface area (Å²) < 4.78 is 0. The number of aromatic nitrogens is 2. The van der Waals surface area contributed by atoms with Crippen molar-refractivity contribution in [3.63, 3.8) is 0 Å². The summed E-state index contributed by atoms with van der Waals surface area (Å²) in [5, 5.41) is 20.1. The Morgan fingerprint density at radius 2 is 2.21 bits per heavy atom. The summed E-state index contributed by atoms with van der Waals surface area (Å²) in [7, 11) is 0. The molecule has 0 unspecified atom stereocenters. The normalized spacial score (nSPS) is 10.8. The van der Waals surface area contributed by atoms with Gasteiger partial charge in [-0.1, -0.05) is 0 Å². The molecule has 14 heavy (non-hydrogen) atoms. The molecule has 2 heterocycles. The maximum Gasteiger partial charge on any atom is 0.196 e. The number of hydrogen-bond donors (Lipinski definition) is 2. The minimum atomic E-state index is -1.50. The Bertz CT molecular complexity index is 414. The molecule has 0 bridgehead atoms. The minimum absolute atomic E-state index is 0.272. The van der Waals surface area contributed by atoms with Gasteiger partial charge in [0.25, 0.3) is 0 Å². The molecule has 0 aliphatic heterocycles. The molecule has 2 aromatic rings. The van der Waals surface area contributed by atoms with Crippen molar-refractivity contribution in [1.82, 2.24) is 9.97 Å². The van der Waals surface area contributed by atoms with E-state index in [2.05, 4.69) is 9.97 Å². The lowest BCUT2D eigenvalue weighted by molar-refractivity contribution is -0.0453. The van der Waals surface area contributed by atoms with Crippen molar-refractivity contribution < 1.29 is 10.2 Å². The van der Waals surface area contributed by atoms with Crippen molar-refractivity contribution in [2.45, 2.75) is 6.29 Å². The Morgan fingerprint density at radius 1 is 1.36 bits per heavy atom. The van der Waals surface area contributed by atoms with Crippen LogP contribution in [0.15, 0.2) is 29.9 Å². The van der Waals surface area contributed by atoms with Crippen molar-refractivity contribution in [3.8, 4) is 10.6 Å². The van der Waals surface area contributed by atoms with Gasteiger partial charge in [0, 0.05) is 23.3 Å². The largest absolute Gasteiger partial charge is 0.363 e. The first kappa shape index (κ1) is 9.26. The van der Waals surface area contributed by atoms with E-state index < -0.39 is 6.29 Å². The molecule has 5 heteroatoms. The summed E-state index contributed by atoms with van der Waals surface area (Å²) in [4.78, 5) is 8.02. The standard InChI is InChI=1S/C9H8N2O2S/c12-9(13)7-5-14-8(11-7)6-2-1-3-10-4-6/h1-5,9,12-13H. The number of rotatable bonds is 2. The first-order chi connectivity index (χ1) is 6.77. The van der Waals surface area contributed by atoms with Gasteiger partial charge in [-0.15, -0.1) is 11.3 Å². The molecule has 72 valence electrons. The molecule has 0 radical (unpaired) electrons. The quantitative estimate of drug-likeness (QED) is 0.727. The van der Waals surface area contributed by atoms with Crippen LogP contribution >= 0.6 is 11.3 Å². The zero-order valence-electron chi connectivity index (χ0n) is 7.16. The summed E-state index contributed by atoms with van der Waals surface area (Å²) in [5.41, 5.74) is 1.15. The van der Waals surface area contributed by atoms with Crippen LogP contribution in [-0.2, 0) is 0 Å². The lowest BCUT2D eigenvalue weighted by Gasteiger charge is -1.96. The molecule has 2 rings (SSSR count). The van der Waals surface area contributed by atoms with Crippen molar-refractivity contribution >= 4 is 11.3 Å². The van der Waals surface area contributed by atoms with Gasteiger partial charge in [-0.3, -0.25) is 4.98 Å². The van der Waals surface area contributed by atoms with Gasteiger partial charge in [-0.2, -0.15) is 0 Å². The zero-order chi connectivity index (χ0) is 9.97. The predicted octanol–water partition coefficient (Wildman–Crippen LogP) is 1.19. The van der Waals surface area contributed by atoms with E-state index in [4.69, 9.17) is 10.2 Å². The van der Waals surface area contributed by atoms with E-state index in [1.54, 1.807) is 17.8 Å². The fourth-order valence-electron chi connectivity index (χ4n) is 1.03. The van der Waals surface area contributed by atoms with E-state index in [1.807, 2.05) is 12.1 Å². The third-order valence-electron chi connectivity index (χ3n) is 1.69. The Kier molecular flexibility index (Phi) is 2.53. The van der Waals surface area contributed by atoms with E-state index in [0.717, 1.165) is 10.6 Å². The third-order valence-corrected chi connectivity index (χ3v) is 2.60. The molecule has 0 aliphatic rings. The second-order valence-electron chi connectivity index (χ2n) is 2.69. The van der Waals surface area contributed by atoms with Gasteiger partial charge in [-0.25, -0.2) is 4.98 Å². The van der Waals surface area contributed by atoms with Crippen molar-refractivity contribution in [2.75, 3.05) is 0 Å². The molecule has 0 saturated heterocycles. The number of nitrogens with zero attached hydrogens (tertiary/aromatic N) is 2. The maximum absolute atomic E-state index is 8.87. The lowest BCUT2D eigenvalue weighted by atomic mass is 10.3. The fourth-order valence-corrected chi connectivity index (χ4v) is 1.85. The highest BCUT2D eigenvalue weighted by Crippen LogP contribution is 2.24. The summed E-state index contributed by atoms with van der Waals surface area (Å²) in [6, 6.07) is 3.69. The molecule has 0 fully saturated rings. The number of aliphatic hydroxyl groups is 2. The summed E-state index contributed by atoms with van der Waals surface area (Å²) in [6.45, 7) is 0. The van der Waals surface area contributed by atoms with Crippen LogP contribution in [0.3, 0.4) is 0 Å². The fraction of sp³-hybridized carbons (Fsp3) is 0.111. The molecule has 0 aliphatic carbocycles. The van der Waals surface area contributed by atoms with Crippen LogP contribution in [0, 0.1) is 0 Å². The van der Waals surface area contributed by atoms with E-state index in [-0.39, 0.29) is 5.69 Å². The van der Waals surface area contributed by atoms with Gasteiger partial charge in [0.05, 0.1) is 0 Å². The minimum Gasteiger partial charge on any atom is -0.363 e. The number of thiazole rings is 1. The van der Waals surface area contributed by atoms with Crippen molar-refractivity contribution in [3.05, 3.63) is 35.6 Å².